The third-order valence-electron chi connectivity index (χ3n) is 6.06. The topological polar surface area (TPSA) is 27.8 Å². The number of para-hydroxylation sites is 1. The molecule has 2 nitrogen and oxygen atoms in total. The summed E-state index contributed by atoms with van der Waals surface area (Å²) in [7, 11) is 0. The number of hydrogen-bond acceptors (Lipinski definition) is 1. The van der Waals surface area contributed by atoms with Crippen molar-refractivity contribution in [1.82, 2.24) is 10.3 Å². The van der Waals surface area contributed by atoms with Gasteiger partial charge in [0.05, 0.1) is 0 Å². The van der Waals surface area contributed by atoms with Gasteiger partial charge in [-0.1, -0.05) is 30.4 Å². The lowest BCUT2D eigenvalue weighted by Gasteiger charge is -2.52. The van der Waals surface area contributed by atoms with Crippen LogP contribution in [0.3, 0.4) is 0 Å². The van der Waals surface area contributed by atoms with Crippen LogP contribution < -0.4 is 5.32 Å². The van der Waals surface area contributed by atoms with Crippen LogP contribution in [0.1, 0.15) is 38.7 Å². The van der Waals surface area contributed by atoms with Crippen LogP contribution in [0.2, 0.25) is 0 Å². The van der Waals surface area contributed by atoms with E-state index in [4.69, 9.17) is 0 Å². The van der Waals surface area contributed by atoms with Crippen molar-refractivity contribution >= 4 is 10.9 Å². The van der Waals surface area contributed by atoms with E-state index in [1.807, 2.05) is 0 Å². The minimum atomic E-state index is 0.244. The lowest BCUT2D eigenvalue weighted by molar-refractivity contribution is 0.0895. The molecule has 4 rings (SSSR count). The van der Waals surface area contributed by atoms with Crippen molar-refractivity contribution in [3.63, 3.8) is 0 Å². The standard InChI is InChI=1S/C20H26N2/c1-13-8-9-15-11-17(13)19(22-20(15,2)3)10-14-12-21-18-7-5-4-6-16(14)18/h4-7,12,15,17,19,21-22H,1,8-11H2,2-3H3/t15?,17-,19-/m1/s1. The number of benzene rings is 1. The average molecular weight is 294 g/mol. The maximum Gasteiger partial charge on any atom is 0.0456 e. The monoisotopic (exact) mass is 294 g/mol. The third-order valence-corrected chi connectivity index (χ3v) is 6.06. The second-order valence-corrected chi connectivity index (χ2v) is 7.77. The maximum atomic E-state index is 4.38. The molecule has 1 aromatic heterocycles. The Balaban J connectivity index is 1.65. The zero-order valence-corrected chi connectivity index (χ0v) is 13.7. The van der Waals surface area contributed by atoms with Crippen molar-refractivity contribution in [2.24, 2.45) is 11.8 Å². The molecule has 1 saturated heterocycles. The molecule has 2 aliphatic rings. The molecule has 3 atom stereocenters. The number of hydrogen-bond donors (Lipinski definition) is 2. The number of H-pyrrole nitrogens is 1. The molecular formula is C20H26N2. The number of nitrogens with one attached hydrogen (secondary N) is 2. The molecule has 0 radical (unpaired) electrons. The van der Waals surface area contributed by atoms with Crippen molar-refractivity contribution in [2.45, 2.75) is 51.1 Å². The fourth-order valence-corrected chi connectivity index (χ4v) is 4.67. The first kappa shape index (κ1) is 14.1. The fraction of sp³-hybridized carbons (Fsp3) is 0.500. The summed E-state index contributed by atoms with van der Waals surface area (Å²) in [6.45, 7) is 9.13. The van der Waals surface area contributed by atoms with Gasteiger partial charge in [-0.25, -0.2) is 0 Å². The van der Waals surface area contributed by atoms with Crippen LogP contribution in [-0.4, -0.2) is 16.6 Å². The smallest absolute Gasteiger partial charge is 0.0456 e. The van der Waals surface area contributed by atoms with Crippen LogP contribution in [0, 0.1) is 11.8 Å². The van der Waals surface area contributed by atoms with Gasteiger partial charge in [-0.2, -0.15) is 0 Å². The Morgan fingerprint density at radius 2 is 2.09 bits per heavy atom. The fourth-order valence-electron chi connectivity index (χ4n) is 4.67. The molecule has 2 fully saturated rings. The Kier molecular flexibility index (Phi) is 3.19. The summed E-state index contributed by atoms with van der Waals surface area (Å²) in [5.74, 6) is 1.43. The summed E-state index contributed by atoms with van der Waals surface area (Å²) in [6, 6.07) is 9.13. The Morgan fingerprint density at radius 3 is 2.95 bits per heavy atom. The normalized spacial score (nSPS) is 30.6. The largest absolute Gasteiger partial charge is 0.361 e. The molecule has 2 heterocycles. The number of piperidine rings is 1. The zero-order valence-electron chi connectivity index (χ0n) is 13.7. The van der Waals surface area contributed by atoms with Crippen molar-refractivity contribution in [3.05, 3.63) is 48.2 Å². The molecule has 1 saturated carbocycles. The molecule has 1 aromatic carbocycles. The first-order chi connectivity index (χ1) is 10.5. The molecule has 2 bridgehead atoms. The van der Waals surface area contributed by atoms with E-state index in [9.17, 15) is 0 Å². The van der Waals surface area contributed by atoms with Gasteiger partial charge >= 0.3 is 0 Å². The summed E-state index contributed by atoms with van der Waals surface area (Å²) < 4.78 is 0. The SMILES string of the molecule is C=C1CCC2C[C@H]1[C@@H](Cc1c[nH]c3ccccc13)NC2(C)C. The van der Waals surface area contributed by atoms with Gasteiger partial charge in [-0.05, 0) is 63.0 Å². The van der Waals surface area contributed by atoms with Gasteiger partial charge in [0.25, 0.3) is 0 Å². The Bertz CT molecular complexity index is 709. The number of aromatic nitrogens is 1. The molecule has 1 aliphatic heterocycles. The van der Waals surface area contributed by atoms with Crippen LogP contribution in [0.4, 0.5) is 0 Å². The Labute approximate surface area is 133 Å². The predicted molar refractivity (Wildman–Crippen MR) is 93.0 cm³/mol. The molecule has 2 heteroatoms. The third kappa shape index (κ3) is 2.21. The van der Waals surface area contributed by atoms with E-state index in [0.717, 1.165) is 12.3 Å². The van der Waals surface area contributed by atoms with E-state index in [1.165, 1.54) is 41.3 Å². The van der Waals surface area contributed by atoms with Gasteiger partial charge in [0, 0.05) is 28.7 Å². The van der Waals surface area contributed by atoms with E-state index in [1.54, 1.807) is 0 Å². The van der Waals surface area contributed by atoms with Crippen molar-refractivity contribution in [2.75, 3.05) is 0 Å². The van der Waals surface area contributed by atoms with Crippen molar-refractivity contribution < 1.29 is 0 Å². The highest BCUT2D eigenvalue weighted by Gasteiger charge is 2.44. The van der Waals surface area contributed by atoms with Crippen molar-refractivity contribution in [1.29, 1.82) is 0 Å². The van der Waals surface area contributed by atoms with Crippen LogP contribution >= 0.6 is 0 Å². The van der Waals surface area contributed by atoms with Crippen LogP contribution in [-0.2, 0) is 6.42 Å². The zero-order chi connectivity index (χ0) is 15.3. The minimum Gasteiger partial charge on any atom is -0.361 e. The van der Waals surface area contributed by atoms with E-state index < -0.39 is 0 Å². The number of fused-ring (bicyclic) bond motifs is 3. The maximum absolute atomic E-state index is 4.38. The lowest BCUT2D eigenvalue weighted by atomic mass is 9.64. The van der Waals surface area contributed by atoms with Gasteiger partial charge in [-0.15, -0.1) is 0 Å². The molecular weight excluding hydrogens is 268 g/mol. The Morgan fingerprint density at radius 1 is 1.27 bits per heavy atom. The first-order valence-electron chi connectivity index (χ1n) is 8.55. The van der Waals surface area contributed by atoms with Crippen LogP contribution in [0.15, 0.2) is 42.6 Å². The van der Waals surface area contributed by atoms with Gasteiger partial charge < -0.3 is 10.3 Å². The second-order valence-electron chi connectivity index (χ2n) is 7.77. The van der Waals surface area contributed by atoms with Gasteiger partial charge in [0.2, 0.25) is 0 Å². The van der Waals surface area contributed by atoms with E-state index >= 15 is 0 Å². The molecule has 0 spiro atoms. The van der Waals surface area contributed by atoms with Gasteiger partial charge in [0.15, 0.2) is 0 Å². The Hall–Kier alpha value is -1.54. The van der Waals surface area contributed by atoms with E-state index in [2.05, 4.69) is 61.2 Å². The highest BCUT2D eigenvalue weighted by Crippen LogP contribution is 2.44. The van der Waals surface area contributed by atoms with Crippen LogP contribution in [0.25, 0.3) is 10.9 Å². The molecule has 116 valence electrons. The predicted octanol–water partition coefficient (Wildman–Crippen LogP) is 4.43. The molecule has 2 aromatic rings. The summed E-state index contributed by atoms with van der Waals surface area (Å²) in [4.78, 5) is 3.42. The summed E-state index contributed by atoms with van der Waals surface area (Å²) in [5, 5.41) is 5.32. The molecule has 2 N–H and O–H groups in total. The number of aromatic amines is 1. The highest BCUT2D eigenvalue weighted by molar-refractivity contribution is 5.83. The van der Waals surface area contributed by atoms with E-state index in [0.29, 0.717) is 12.0 Å². The molecule has 1 aliphatic carbocycles. The van der Waals surface area contributed by atoms with Crippen LogP contribution in [0.5, 0.6) is 0 Å². The first-order valence-corrected chi connectivity index (χ1v) is 8.55. The molecule has 1 unspecified atom stereocenters. The highest BCUT2D eigenvalue weighted by atomic mass is 15.0. The summed E-state index contributed by atoms with van der Waals surface area (Å²) in [6.07, 6.45) is 7.10. The average Bonchev–Trinajstić information content (AvgIpc) is 2.89. The molecule has 22 heavy (non-hydrogen) atoms. The van der Waals surface area contributed by atoms with E-state index in [-0.39, 0.29) is 5.54 Å². The summed E-state index contributed by atoms with van der Waals surface area (Å²) >= 11 is 0. The number of rotatable bonds is 2. The minimum absolute atomic E-state index is 0.244. The molecule has 0 amide bonds. The second kappa shape index (κ2) is 4.99. The van der Waals surface area contributed by atoms with Crippen molar-refractivity contribution in [3.8, 4) is 0 Å². The van der Waals surface area contributed by atoms with Gasteiger partial charge in [-0.3, -0.25) is 0 Å². The quantitative estimate of drug-likeness (QED) is 0.788. The lowest BCUT2D eigenvalue weighted by Crippen LogP contribution is -2.60. The van der Waals surface area contributed by atoms with Gasteiger partial charge in [0.1, 0.15) is 0 Å². The summed E-state index contributed by atoms with van der Waals surface area (Å²) in [5.41, 5.74) is 4.38.